The minimum absolute atomic E-state index is 0.0696. The summed E-state index contributed by atoms with van der Waals surface area (Å²) in [5.74, 6) is -3.85. The van der Waals surface area contributed by atoms with Crippen LogP contribution in [0, 0.1) is 11.8 Å². The Bertz CT molecular complexity index is 1830. The first kappa shape index (κ1) is 34.5. The minimum Gasteiger partial charge on any atom is -0.455 e. The lowest BCUT2D eigenvalue weighted by molar-refractivity contribution is -0.162. The summed E-state index contributed by atoms with van der Waals surface area (Å²) in [6.07, 6.45) is 6.60. The van der Waals surface area contributed by atoms with Crippen LogP contribution in [0.4, 0.5) is 0 Å². The number of aromatic nitrogens is 3. The van der Waals surface area contributed by atoms with E-state index in [1.165, 1.54) is 12.0 Å². The smallest absolute Gasteiger partial charge is 0.313 e. The van der Waals surface area contributed by atoms with Crippen molar-refractivity contribution in [1.29, 1.82) is 0 Å². The third-order valence-corrected chi connectivity index (χ3v) is 10.2. The fourth-order valence-corrected chi connectivity index (χ4v) is 7.88. The molecule has 1 aromatic heterocycles. The molecule has 14 nitrogen and oxygen atoms in total. The molecule has 4 aliphatic heterocycles. The molecule has 3 aromatic rings. The number of methoxy groups -OCH3 is 1. The van der Waals surface area contributed by atoms with Gasteiger partial charge in [-0.3, -0.25) is 19.2 Å². The van der Waals surface area contributed by atoms with E-state index in [-0.39, 0.29) is 51.2 Å². The molecule has 0 unspecified atom stereocenters. The number of likely N-dealkylation sites (tertiary alicyclic amines) is 1. The Morgan fingerprint density at radius 1 is 1.02 bits per heavy atom. The topological polar surface area (TPSA) is 165 Å². The average Bonchev–Trinajstić information content (AvgIpc) is 3.73. The van der Waals surface area contributed by atoms with E-state index < -0.39 is 53.6 Å². The van der Waals surface area contributed by atoms with Crippen molar-refractivity contribution in [2.45, 2.75) is 62.2 Å². The van der Waals surface area contributed by atoms with Gasteiger partial charge in [-0.1, -0.05) is 72.0 Å². The molecule has 2 N–H and O–H groups in total. The lowest BCUT2D eigenvalue weighted by Crippen LogP contribution is -2.55. The van der Waals surface area contributed by atoms with Crippen LogP contribution in [0.1, 0.15) is 37.4 Å². The molecular weight excluding hydrogens is 656 g/mol. The van der Waals surface area contributed by atoms with Gasteiger partial charge in [-0.25, -0.2) is 4.68 Å². The van der Waals surface area contributed by atoms with Gasteiger partial charge in [-0.05, 0) is 37.0 Å². The molecular formula is C37H42N6O8. The van der Waals surface area contributed by atoms with Gasteiger partial charge in [0.25, 0.3) is 5.91 Å². The highest BCUT2D eigenvalue weighted by Crippen LogP contribution is 2.53. The first-order valence-corrected chi connectivity index (χ1v) is 17.4. The first-order valence-electron chi connectivity index (χ1n) is 17.4. The normalized spacial score (nSPS) is 30.2. The summed E-state index contributed by atoms with van der Waals surface area (Å²) >= 11 is 0. The number of allylic oxidation sites excluding steroid dienone is 1. The Labute approximate surface area is 295 Å². The van der Waals surface area contributed by atoms with Crippen LogP contribution in [-0.4, -0.2) is 111 Å². The maximum absolute atomic E-state index is 14.7. The fourth-order valence-electron chi connectivity index (χ4n) is 7.88. The van der Waals surface area contributed by atoms with E-state index in [1.54, 1.807) is 33.9 Å². The highest BCUT2D eigenvalue weighted by Gasteiger charge is 2.71. The lowest BCUT2D eigenvalue weighted by Gasteiger charge is -2.35. The van der Waals surface area contributed by atoms with Crippen LogP contribution in [-0.2, 0) is 40.1 Å². The molecule has 7 atom stereocenters. The molecule has 5 heterocycles. The molecule has 0 saturated carbocycles. The number of aliphatic hydroxyl groups is 1. The molecule has 2 saturated heterocycles. The van der Waals surface area contributed by atoms with Gasteiger partial charge in [0.1, 0.15) is 35.9 Å². The number of nitrogens with zero attached hydrogens (tertiary/aromatic N) is 5. The predicted molar refractivity (Wildman–Crippen MR) is 182 cm³/mol. The molecule has 2 aromatic carbocycles. The van der Waals surface area contributed by atoms with E-state index in [1.807, 2.05) is 54.6 Å². The van der Waals surface area contributed by atoms with Gasteiger partial charge in [-0.15, -0.1) is 5.10 Å². The Balaban J connectivity index is 1.28. The molecule has 3 amide bonds. The van der Waals surface area contributed by atoms with Crippen molar-refractivity contribution < 1.29 is 38.5 Å². The zero-order chi connectivity index (χ0) is 35.5. The zero-order valence-electron chi connectivity index (χ0n) is 28.4. The molecule has 1 spiro atoms. The van der Waals surface area contributed by atoms with Crippen molar-refractivity contribution in [2.75, 3.05) is 33.4 Å². The second-order valence-electron chi connectivity index (χ2n) is 13.4. The monoisotopic (exact) mass is 698 g/mol. The summed E-state index contributed by atoms with van der Waals surface area (Å²) in [6, 6.07) is 14.7. The van der Waals surface area contributed by atoms with Crippen LogP contribution in [0.5, 0.6) is 0 Å². The summed E-state index contributed by atoms with van der Waals surface area (Å²) in [5, 5.41) is 21.1. The maximum Gasteiger partial charge on any atom is 0.313 e. The number of hydrogen-bond acceptors (Lipinski definition) is 10. The molecule has 2 fully saturated rings. The van der Waals surface area contributed by atoms with Gasteiger partial charge in [0.2, 0.25) is 11.8 Å². The predicted octanol–water partition coefficient (Wildman–Crippen LogP) is 1.91. The van der Waals surface area contributed by atoms with Gasteiger partial charge in [0, 0.05) is 33.2 Å². The Morgan fingerprint density at radius 3 is 2.63 bits per heavy atom. The molecule has 268 valence electrons. The Kier molecular flexibility index (Phi) is 9.98. The van der Waals surface area contributed by atoms with Crippen LogP contribution < -0.4 is 5.32 Å². The van der Waals surface area contributed by atoms with Crippen molar-refractivity contribution in [1.82, 2.24) is 30.1 Å². The lowest BCUT2D eigenvalue weighted by atomic mass is 9.77. The second-order valence-corrected chi connectivity index (χ2v) is 13.4. The molecule has 7 rings (SSSR count). The third kappa shape index (κ3) is 6.43. The van der Waals surface area contributed by atoms with Crippen LogP contribution in [0.25, 0.3) is 11.0 Å². The number of ether oxygens (including phenoxy) is 3. The minimum atomic E-state index is -1.49. The van der Waals surface area contributed by atoms with Crippen LogP contribution >= 0.6 is 0 Å². The summed E-state index contributed by atoms with van der Waals surface area (Å²) in [7, 11) is 1.51. The van der Waals surface area contributed by atoms with Crippen molar-refractivity contribution in [2.24, 2.45) is 11.8 Å². The number of para-hydroxylation sites is 1. The number of esters is 1. The molecule has 14 heteroatoms. The van der Waals surface area contributed by atoms with Crippen molar-refractivity contribution in [3.05, 3.63) is 84.5 Å². The third-order valence-electron chi connectivity index (χ3n) is 10.2. The second kappa shape index (κ2) is 14.7. The summed E-state index contributed by atoms with van der Waals surface area (Å²) in [6.45, 7) is 0.467. The number of benzene rings is 2. The van der Waals surface area contributed by atoms with Crippen LogP contribution in [0.15, 0.2) is 78.9 Å². The number of nitrogens with one attached hydrogen (secondary N) is 1. The SMILES string of the molecule is COC[C@H]1NC(=O)CC/C=C\[C@H]2O[C@]34C=CCN(Cn5nnc6ccccc65)C(=O)[C@H]3N(CCCCO)C(=O)[C@@H]4[C@H]2C(=O)O[C@@H]1c1ccccc1. The largest absolute Gasteiger partial charge is 0.455 e. The molecule has 0 bridgehead atoms. The van der Waals surface area contributed by atoms with Gasteiger partial charge in [0.15, 0.2) is 0 Å². The van der Waals surface area contributed by atoms with E-state index >= 15 is 0 Å². The van der Waals surface area contributed by atoms with Gasteiger partial charge >= 0.3 is 5.97 Å². The summed E-state index contributed by atoms with van der Waals surface area (Å²) < 4.78 is 20.2. The van der Waals surface area contributed by atoms with E-state index in [0.29, 0.717) is 30.3 Å². The van der Waals surface area contributed by atoms with Gasteiger partial charge in [0.05, 0.1) is 30.2 Å². The standard InChI is InChI=1S/C37H42N6O8/c1-49-22-26-32(24-12-3-2-4-13-24)50-36(48)30-28(16-7-8-17-29(45)38-26)51-37-18-11-19-41(23-43-27-15-6-5-14-25(27)39-40-43)35(47)33(37)42(20-9-10-21-44)34(46)31(30)37/h2-7,11-16,18,26,28,30-33,44H,8-10,17,19-23H2,1H3,(H,38,45)/b16-7-/t26-,28-,30+,31+,32-,33-,37+/m1/s1. The van der Waals surface area contributed by atoms with E-state index in [0.717, 1.165) is 5.52 Å². The maximum atomic E-state index is 14.7. The highest BCUT2D eigenvalue weighted by molar-refractivity contribution is 5.99. The van der Waals surface area contributed by atoms with Gasteiger partial charge < -0.3 is 34.4 Å². The van der Waals surface area contributed by atoms with E-state index in [2.05, 4.69) is 15.6 Å². The van der Waals surface area contributed by atoms with E-state index in [4.69, 9.17) is 14.2 Å². The zero-order valence-corrected chi connectivity index (χ0v) is 28.4. The van der Waals surface area contributed by atoms with Crippen molar-refractivity contribution in [3.63, 3.8) is 0 Å². The number of carbonyl (C=O) groups is 4. The number of rotatable bonds is 9. The summed E-state index contributed by atoms with van der Waals surface area (Å²) in [5.41, 5.74) is 0.593. The van der Waals surface area contributed by atoms with E-state index in [9.17, 15) is 24.3 Å². The van der Waals surface area contributed by atoms with Crippen LogP contribution in [0.3, 0.4) is 0 Å². The number of carbonyl (C=O) groups excluding carboxylic acids is 4. The molecule has 0 radical (unpaired) electrons. The number of hydrogen-bond donors (Lipinski definition) is 2. The van der Waals surface area contributed by atoms with Crippen molar-refractivity contribution >= 4 is 34.7 Å². The fraction of sp³-hybridized carbons (Fsp3) is 0.459. The molecule has 51 heavy (non-hydrogen) atoms. The quantitative estimate of drug-likeness (QED) is 0.192. The number of amides is 3. The first-order chi connectivity index (χ1) is 24.9. The number of cyclic esters (lactones) is 1. The average molecular weight is 699 g/mol. The number of aliphatic hydroxyl groups excluding tert-OH is 1. The molecule has 4 aliphatic rings. The van der Waals surface area contributed by atoms with Crippen molar-refractivity contribution in [3.8, 4) is 0 Å². The number of unbranched alkanes of at least 4 members (excludes halogenated alkanes) is 1. The Hall–Kier alpha value is -4.92. The highest BCUT2D eigenvalue weighted by atomic mass is 16.6. The molecule has 0 aliphatic carbocycles. The summed E-state index contributed by atoms with van der Waals surface area (Å²) in [4.78, 5) is 60.1. The number of fused-ring (bicyclic) bond motifs is 3. The van der Waals surface area contributed by atoms with Crippen LogP contribution in [0.2, 0.25) is 0 Å². The van der Waals surface area contributed by atoms with Gasteiger partial charge in [-0.2, -0.15) is 0 Å². The Morgan fingerprint density at radius 2 is 1.82 bits per heavy atom.